The number of benzene rings is 2. The molecule has 0 amide bonds. The van der Waals surface area contributed by atoms with Gasteiger partial charge >= 0.3 is 0 Å². The summed E-state index contributed by atoms with van der Waals surface area (Å²) in [6, 6.07) is 9.75. The number of nitrogens with zero attached hydrogens (tertiary/aromatic N) is 2. The molecule has 2 aliphatic rings. The van der Waals surface area contributed by atoms with Gasteiger partial charge in [-0.05, 0) is 18.2 Å². The molecule has 2 fully saturated rings. The summed E-state index contributed by atoms with van der Waals surface area (Å²) in [4.78, 5) is 8.53. The van der Waals surface area contributed by atoms with Crippen LogP contribution in [0.3, 0.4) is 0 Å². The predicted molar refractivity (Wildman–Crippen MR) is 105 cm³/mol. The summed E-state index contributed by atoms with van der Waals surface area (Å²) in [6.07, 6.45) is -1.31. The van der Waals surface area contributed by atoms with Gasteiger partial charge < -0.3 is 24.3 Å². The molecule has 4 atom stereocenters. The van der Waals surface area contributed by atoms with Crippen LogP contribution in [0.15, 0.2) is 42.7 Å². The highest BCUT2D eigenvalue weighted by molar-refractivity contribution is 5.93. The molecule has 156 valence electrons. The molecule has 2 saturated heterocycles. The van der Waals surface area contributed by atoms with Crippen LogP contribution in [0.5, 0.6) is 11.5 Å². The molecule has 1 aromatic heterocycles. The Morgan fingerprint density at radius 1 is 1.07 bits per heavy atom. The Morgan fingerprint density at radius 2 is 1.90 bits per heavy atom. The maximum atomic E-state index is 14.0. The van der Waals surface area contributed by atoms with Crippen LogP contribution in [0.1, 0.15) is 0 Å². The topological polar surface area (TPSA) is 74.7 Å². The van der Waals surface area contributed by atoms with Gasteiger partial charge in [0.25, 0.3) is 0 Å². The van der Waals surface area contributed by atoms with E-state index < -0.39 is 30.3 Å². The molecule has 1 unspecified atom stereocenters. The van der Waals surface area contributed by atoms with Crippen LogP contribution in [-0.4, -0.2) is 54.8 Å². The number of methoxy groups -OCH3 is 1. The van der Waals surface area contributed by atoms with Gasteiger partial charge in [0.15, 0.2) is 23.8 Å². The Bertz CT molecular complexity index is 1080. The third-order valence-electron chi connectivity index (χ3n) is 5.27. The van der Waals surface area contributed by atoms with Crippen LogP contribution in [0.4, 0.5) is 20.3 Å². The zero-order chi connectivity index (χ0) is 20.7. The number of anilines is 2. The van der Waals surface area contributed by atoms with Gasteiger partial charge in [0.05, 0.1) is 31.5 Å². The van der Waals surface area contributed by atoms with Crippen molar-refractivity contribution in [2.24, 2.45) is 0 Å². The van der Waals surface area contributed by atoms with E-state index in [0.717, 1.165) is 0 Å². The number of alkyl halides is 1. The zero-order valence-electron chi connectivity index (χ0n) is 16.0. The van der Waals surface area contributed by atoms with Crippen molar-refractivity contribution in [2.45, 2.75) is 24.5 Å². The van der Waals surface area contributed by atoms with Crippen LogP contribution in [0.25, 0.3) is 10.9 Å². The van der Waals surface area contributed by atoms with E-state index in [1.807, 2.05) is 0 Å². The highest BCUT2D eigenvalue weighted by Crippen LogP contribution is 2.38. The van der Waals surface area contributed by atoms with Crippen molar-refractivity contribution >= 4 is 22.4 Å². The van der Waals surface area contributed by atoms with Gasteiger partial charge in [-0.15, -0.1) is 0 Å². The molecular formula is C21H19F2N3O4. The molecule has 0 saturated carbocycles. The largest absolute Gasteiger partial charge is 0.493 e. The smallest absolute Gasteiger partial charge is 0.164 e. The molecule has 7 nitrogen and oxygen atoms in total. The summed E-state index contributed by atoms with van der Waals surface area (Å²) in [5.74, 6) is 0.904. The second-order valence-electron chi connectivity index (χ2n) is 7.12. The van der Waals surface area contributed by atoms with E-state index in [0.29, 0.717) is 33.9 Å². The first-order valence-corrected chi connectivity index (χ1v) is 9.52. The fourth-order valence-corrected chi connectivity index (χ4v) is 3.79. The summed E-state index contributed by atoms with van der Waals surface area (Å²) in [7, 11) is 1.51. The minimum atomic E-state index is -1.15. The first-order valence-electron chi connectivity index (χ1n) is 9.52. The Kier molecular flexibility index (Phi) is 4.84. The van der Waals surface area contributed by atoms with Gasteiger partial charge in [-0.2, -0.15) is 0 Å². The van der Waals surface area contributed by atoms with E-state index in [1.165, 1.54) is 19.5 Å². The molecule has 0 radical (unpaired) electrons. The molecule has 0 spiro atoms. The molecule has 2 aromatic carbocycles. The van der Waals surface area contributed by atoms with Crippen molar-refractivity contribution in [2.75, 3.05) is 25.6 Å². The number of para-hydroxylation sites is 1. The van der Waals surface area contributed by atoms with Crippen molar-refractivity contribution in [1.29, 1.82) is 0 Å². The van der Waals surface area contributed by atoms with E-state index in [9.17, 15) is 8.78 Å². The summed E-state index contributed by atoms with van der Waals surface area (Å²) in [5, 5.41) is 3.62. The Hall–Kier alpha value is -3.04. The van der Waals surface area contributed by atoms with Gasteiger partial charge in [-0.3, -0.25) is 0 Å². The number of hydrogen-bond donors (Lipinski definition) is 1. The molecule has 1 N–H and O–H groups in total. The third kappa shape index (κ3) is 3.29. The minimum absolute atomic E-state index is 0.00233. The lowest BCUT2D eigenvalue weighted by Crippen LogP contribution is -2.33. The van der Waals surface area contributed by atoms with Crippen LogP contribution < -0.4 is 14.8 Å². The fraction of sp³-hybridized carbons (Fsp3) is 0.333. The van der Waals surface area contributed by atoms with Crippen molar-refractivity contribution in [1.82, 2.24) is 9.97 Å². The standard InChI is InChI=1S/C21H19F2N3O4/c1-27-16-6-11-15(24-10-25-21(11)26-14-5-3-2-4-12(14)22)7-17(16)30-18-9-29-19-13(23)8-28-20(18)19/h2-7,10,13,18-20H,8-9H2,1H3,(H,24,25,26)/t13-,18-,19+,20?/m1/s1. The number of ether oxygens (including phenoxy) is 4. The number of rotatable bonds is 5. The van der Waals surface area contributed by atoms with Gasteiger partial charge in [-0.25, -0.2) is 18.7 Å². The Morgan fingerprint density at radius 3 is 2.73 bits per heavy atom. The molecule has 5 rings (SSSR count). The number of halogens is 2. The predicted octanol–water partition coefficient (Wildman–Crippen LogP) is 3.40. The maximum absolute atomic E-state index is 14.0. The van der Waals surface area contributed by atoms with Gasteiger partial charge in [-0.1, -0.05) is 12.1 Å². The van der Waals surface area contributed by atoms with Crippen molar-refractivity contribution < 1.29 is 27.7 Å². The van der Waals surface area contributed by atoms with E-state index in [1.54, 1.807) is 30.3 Å². The second kappa shape index (κ2) is 7.66. The van der Waals surface area contributed by atoms with E-state index >= 15 is 0 Å². The lowest BCUT2D eigenvalue weighted by Gasteiger charge is -2.20. The number of fused-ring (bicyclic) bond motifs is 2. The van der Waals surface area contributed by atoms with Crippen LogP contribution in [0.2, 0.25) is 0 Å². The molecule has 0 aliphatic carbocycles. The van der Waals surface area contributed by atoms with Crippen molar-refractivity contribution in [3.63, 3.8) is 0 Å². The van der Waals surface area contributed by atoms with Crippen molar-refractivity contribution in [3.05, 3.63) is 48.5 Å². The second-order valence-corrected chi connectivity index (χ2v) is 7.12. The normalized spacial score (nSPS) is 25.3. The number of hydrogen-bond acceptors (Lipinski definition) is 7. The minimum Gasteiger partial charge on any atom is -0.493 e. The monoisotopic (exact) mass is 415 g/mol. The van der Waals surface area contributed by atoms with E-state index in [4.69, 9.17) is 18.9 Å². The highest BCUT2D eigenvalue weighted by atomic mass is 19.1. The van der Waals surface area contributed by atoms with Crippen LogP contribution in [-0.2, 0) is 9.47 Å². The molecule has 3 heterocycles. The molecule has 9 heteroatoms. The Labute approximate surface area is 170 Å². The van der Waals surface area contributed by atoms with Crippen LogP contribution >= 0.6 is 0 Å². The lowest BCUT2D eigenvalue weighted by atomic mass is 10.1. The summed E-state index contributed by atoms with van der Waals surface area (Å²) in [6.45, 7) is 0.225. The van der Waals surface area contributed by atoms with Gasteiger partial charge in [0, 0.05) is 11.5 Å². The summed E-state index contributed by atoms with van der Waals surface area (Å²) in [5.41, 5.74) is 0.871. The lowest BCUT2D eigenvalue weighted by molar-refractivity contribution is 0.0271. The first kappa shape index (κ1) is 19.0. The first-order chi connectivity index (χ1) is 14.6. The third-order valence-corrected chi connectivity index (χ3v) is 5.27. The fourth-order valence-electron chi connectivity index (χ4n) is 3.79. The zero-order valence-corrected chi connectivity index (χ0v) is 16.0. The highest BCUT2D eigenvalue weighted by Gasteiger charge is 2.49. The molecule has 0 bridgehead atoms. The summed E-state index contributed by atoms with van der Waals surface area (Å²) < 4.78 is 50.4. The number of nitrogens with one attached hydrogen (secondary N) is 1. The molecule has 30 heavy (non-hydrogen) atoms. The van der Waals surface area contributed by atoms with Gasteiger partial charge in [0.2, 0.25) is 0 Å². The van der Waals surface area contributed by atoms with E-state index in [2.05, 4.69) is 15.3 Å². The SMILES string of the molecule is COc1cc2c(Nc3ccccc3F)ncnc2cc1O[C@@H]1CO[C@@H]2C1OC[C@H]2F. The molecule has 2 aliphatic heterocycles. The number of aromatic nitrogens is 2. The van der Waals surface area contributed by atoms with Crippen LogP contribution in [0, 0.1) is 5.82 Å². The molecular weight excluding hydrogens is 396 g/mol. The average Bonchev–Trinajstić information content (AvgIpc) is 3.32. The maximum Gasteiger partial charge on any atom is 0.164 e. The Balaban J connectivity index is 1.47. The summed E-state index contributed by atoms with van der Waals surface area (Å²) >= 11 is 0. The van der Waals surface area contributed by atoms with Gasteiger partial charge in [0.1, 0.15) is 30.2 Å². The molecule has 3 aromatic rings. The van der Waals surface area contributed by atoms with Crippen molar-refractivity contribution in [3.8, 4) is 11.5 Å². The van der Waals surface area contributed by atoms with E-state index in [-0.39, 0.29) is 13.2 Å². The quantitative estimate of drug-likeness (QED) is 0.685. The average molecular weight is 415 g/mol.